The summed E-state index contributed by atoms with van der Waals surface area (Å²) < 4.78 is 4.83. The third-order valence-corrected chi connectivity index (χ3v) is 1.72. The number of carbonyl (C=O) groups is 1. The van der Waals surface area contributed by atoms with Gasteiger partial charge in [-0.2, -0.15) is 0 Å². The van der Waals surface area contributed by atoms with Crippen LogP contribution in [0.1, 0.15) is 6.92 Å². The van der Waals surface area contributed by atoms with Crippen LogP contribution in [0.15, 0.2) is 0 Å². The Morgan fingerprint density at radius 1 is 1.44 bits per heavy atom. The molecular formula is C6H14O2Si. The van der Waals surface area contributed by atoms with E-state index in [-0.39, 0.29) is 5.97 Å². The second kappa shape index (κ2) is 3.01. The zero-order valence-corrected chi connectivity index (χ0v) is 7.52. The summed E-state index contributed by atoms with van der Waals surface area (Å²) in [6.07, 6.45) is 0.641. The second-order valence-corrected chi connectivity index (χ2v) is 8.75. The summed E-state index contributed by atoms with van der Waals surface area (Å²) in [4.78, 5) is 10.3. The highest BCUT2D eigenvalue weighted by molar-refractivity contribution is 6.76. The summed E-state index contributed by atoms with van der Waals surface area (Å²) in [6.45, 7) is 7.93. The van der Waals surface area contributed by atoms with Gasteiger partial charge in [0.1, 0.15) is 0 Å². The molecular weight excluding hydrogens is 132 g/mol. The summed E-state index contributed by atoms with van der Waals surface area (Å²) in [5, 5.41) is 0. The maximum absolute atomic E-state index is 10.3. The third kappa shape index (κ3) is 7.69. The molecule has 0 aliphatic carbocycles. The van der Waals surface area contributed by atoms with Crippen molar-refractivity contribution in [3.05, 3.63) is 0 Å². The van der Waals surface area contributed by atoms with Crippen LogP contribution in [0.25, 0.3) is 0 Å². The van der Waals surface area contributed by atoms with Crippen LogP contribution in [0.4, 0.5) is 0 Å². The lowest BCUT2D eigenvalue weighted by atomic mass is 10.8. The Labute approximate surface area is 57.2 Å². The molecule has 2 nitrogen and oxygen atoms in total. The van der Waals surface area contributed by atoms with Crippen molar-refractivity contribution in [3.63, 3.8) is 0 Å². The van der Waals surface area contributed by atoms with Crippen LogP contribution in [0, 0.1) is 0 Å². The van der Waals surface area contributed by atoms with Gasteiger partial charge >= 0.3 is 5.97 Å². The SMILES string of the molecule is CC(=O)OC[Si](C)(C)C. The van der Waals surface area contributed by atoms with Crippen LogP contribution in [0.2, 0.25) is 19.6 Å². The zero-order valence-electron chi connectivity index (χ0n) is 6.52. The van der Waals surface area contributed by atoms with Crippen molar-refractivity contribution in [1.82, 2.24) is 0 Å². The molecule has 0 bridgehead atoms. The molecule has 0 aromatic rings. The molecule has 3 heteroatoms. The van der Waals surface area contributed by atoms with E-state index in [1.807, 2.05) is 0 Å². The van der Waals surface area contributed by atoms with Crippen LogP contribution < -0.4 is 0 Å². The molecule has 0 saturated heterocycles. The van der Waals surface area contributed by atoms with Gasteiger partial charge < -0.3 is 4.74 Å². The lowest BCUT2D eigenvalue weighted by molar-refractivity contribution is -0.139. The maximum atomic E-state index is 10.3. The van der Waals surface area contributed by atoms with Crippen LogP contribution in [0.5, 0.6) is 0 Å². The normalized spacial score (nSPS) is 11.1. The van der Waals surface area contributed by atoms with E-state index < -0.39 is 8.07 Å². The van der Waals surface area contributed by atoms with Gasteiger partial charge in [0.2, 0.25) is 0 Å². The van der Waals surface area contributed by atoms with E-state index in [0.717, 1.165) is 0 Å². The molecule has 0 spiro atoms. The molecule has 0 saturated carbocycles. The highest BCUT2D eigenvalue weighted by atomic mass is 28.3. The van der Waals surface area contributed by atoms with E-state index in [1.165, 1.54) is 6.92 Å². The Kier molecular flexibility index (Phi) is 2.90. The van der Waals surface area contributed by atoms with Gasteiger partial charge in [-0.15, -0.1) is 0 Å². The Hall–Kier alpha value is -0.313. The van der Waals surface area contributed by atoms with E-state index >= 15 is 0 Å². The van der Waals surface area contributed by atoms with Crippen molar-refractivity contribution < 1.29 is 9.53 Å². The monoisotopic (exact) mass is 146 g/mol. The summed E-state index contributed by atoms with van der Waals surface area (Å²) in [5.74, 6) is -0.169. The van der Waals surface area contributed by atoms with E-state index in [2.05, 4.69) is 19.6 Å². The minimum atomic E-state index is -1.16. The number of ether oxygens (including phenoxy) is 1. The smallest absolute Gasteiger partial charge is 0.302 e. The van der Waals surface area contributed by atoms with E-state index in [4.69, 9.17) is 4.74 Å². The van der Waals surface area contributed by atoms with Gasteiger partial charge in [0, 0.05) is 6.92 Å². The van der Waals surface area contributed by atoms with Crippen molar-refractivity contribution in [2.24, 2.45) is 0 Å². The predicted octanol–water partition coefficient (Wildman–Crippen LogP) is 1.43. The molecule has 0 radical (unpaired) electrons. The van der Waals surface area contributed by atoms with Gasteiger partial charge in [-0.25, -0.2) is 0 Å². The molecule has 54 valence electrons. The molecule has 0 aromatic heterocycles. The molecule has 0 rings (SSSR count). The van der Waals surface area contributed by atoms with Gasteiger partial charge in [-0.1, -0.05) is 19.6 Å². The first-order valence-corrected chi connectivity index (χ1v) is 6.76. The molecule has 0 heterocycles. The predicted molar refractivity (Wildman–Crippen MR) is 40.0 cm³/mol. The average Bonchev–Trinajstić information content (AvgIpc) is 1.59. The molecule has 0 amide bonds. The maximum Gasteiger partial charge on any atom is 0.302 e. The summed E-state index contributed by atoms with van der Waals surface area (Å²) >= 11 is 0. The standard InChI is InChI=1S/C6H14O2Si/c1-6(7)8-5-9(2,3)4/h5H2,1-4H3. The number of esters is 1. The van der Waals surface area contributed by atoms with Gasteiger partial charge in [0.25, 0.3) is 0 Å². The molecule has 0 aromatic carbocycles. The Bertz CT molecular complexity index is 104. The molecule has 0 aliphatic heterocycles. The van der Waals surface area contributed by atoms with Crippen molar-refractivity contribution in [1.29, 1.82) is 0 Å². The summed E-state index contributed by atoms with van der Waals surface area (Å²) in [5.41, 5.74) is 0. The fourth-order valence-electron chi connectivity index (χ4n) is 0.318. The van der Waals surface area contributed by atoms with Gasteiger partial charge in [-0.05, 0) is 0 Å². The Balaban J connectivity index is 3.39. The van der Waals surface area contributed by atoms with E-state index in [9.17, 15) is 4.79 Å². The fourth-order valence-corrected chi connectivity index (χ4v) is 0.954. The largest absolute Gasteiger partial charge is 0.470 e. The summed E-state index contributed by atoms with van der Waals surface area (Å²) in [7, 11) is -1.16. The van der Waals surface area contributed by atoms with Crippen LogP contribution >= 0.6 is 0 Å². The van der Waals surface area contributed by atoms with Crippen LogP contribution in [-0.2, 0) is 9.53 Å². The Morgan fingerprint density at radius 3 is 2.00 bits per heavy atom. The van der Waals surface area contributed by atoms with E-state index in [0.29, 0.717) is 6.23 Å². The molecule has 9 heavy (non-hydrogen) atoms. The first-order valence-electron chi connectivity index (χ1n) is 3.05. The van der Waals surface area contributed by atoms with Gasteiger partial charge in [-0.3, -0.25) is 4.79 Å². The fraction of sp³-hybridized carbons (Fsp3) is 0.833. The minimum absolute atomic E-state index is 0.169. The first-order chi connectivity index (χ1) is 3.92. The zero-order chi connectivity index (χ0) is 7.49. The third-order valence-electron chi connectivity index (χ3n) is 0.708. The Morgan fingerprint density at radius 2 is 1.89 bits per heavy atom. The van der Waals surface area contributed by atoms with Crippen molar-refractivity contribution in [2.75, 3.05) is 6.23 Å². The number of hydrogen-bond donors (Lipinski definition) is 0. The molecule has 0 N–H and O–H groups in total. The number of rotatable bonds is 2. The number of carbonyl (C=O) groups excluding carboxylic acids is 1. The molecule has 0 atom stereocenters. The lowest BCUT2D eigenvalue weighted by Crippen LogP contribution is -2.29. The average molecular weight is 146 g/mol. The molecule has 0 fully saturated rings. The summed E-state index contributed by atoms with van der Waals surface area (Å²) in [6, 6.07) is 0. The van der Waals surface area contributed by atoms with Gasteiger partial charge in [0.15, 0.2) is 0 Å². The highest BCUT2D eigenvalue weighted by Crippen LogP contribution is 1.99. The van der Waals surface area contributed by atoms with Crippen molar-refractivity contribution in [3.8, 4) is 0 Å². The second-order valence-electron chi connectivity index (χ2n) is 3.34. The molecule has 0 aliphatic rings. The number of hydrogen-bond acceptors (Lipinski definition) is 2. The van der Waals surface area contributed by atoms with E-state index in [1.54, 1.807) is 0 Å². The van der Waals surface area contributed by atoms with Crippen LogP contribution in [-0.4, -0.2) is 20.3 Å². The van der Waals surface area contributed by atoms with Crippen molar-refractivity contribution in [2.45, 2.75) is 26.6 Å². The first kappa shape index (κ1) is 8.69. The lowest BCUT2D eigenvalue weighted by Gasteiger charge is -2.13. The topological polar surface area (TPSA) is 26.3 Å². The van der Waals surface area contributed by atoms with Crippen LogP contribution in [0.3, 0.4) is 0 Å². The van der Waals surface area contributed by atoms with Crippen molar-refractivity contribution >= 4 is 14.0 Å². The molecule has 0 unspecified atom stereocenters. The minimum Gasteiger partial charge on any atom is -0.470 e. The quantitative estimate of drug-likeness (QED) is 0.435. The highest BCUT2D eigenvalue weighted by Gasteiger charge is 2.14. The van der Waals surface area contributed by atoms with Gasteiger partial charge in [0.05, 0.1) is 14.3 Å².